The normalized spacial score (nSPS) is 12.2. The van der Waals surface area contributed by atoms with Crippen LogP contribution < -0.4 is 10.6 Å². The van der Waals surface area contributed by atoms with Crippen LogP contribution in [-0.2, 0) is 6.42 Å². The maximum absolute atomic E-state index is 11.7. The Labute approximate surface area is 107 Å². The van der Waals surface area contributed by atoms with Crippen molar-refractivity contribution in [3.8, 4) is 0 Å². The van der Waals surface area contributed by atoms with Gasteiger partial charge in [0.15, 0.2) is 5.76 Å². The van der Waals surface area contributed by atoms with Gasteiger partial charge in [-0.3, -0.25) is 0 Å². The van der Waals surface area contributed by atoms with E-state index in [2.05, 4.69) is 15.8 Å². The predicted molar refractivity (Wildman–Crippen MR) is 68.5 cm³/mol. The van der Waals surface area contributed by atoms with Crippen molar-refractivity contribution >= 4 is 11.7 Å². The topological polar surface area (TPSA) is 87.4 Å². The van der Waals surface area contributed by atoms with Crippen molar-refractivity contribution in [3.63, 3.8) is 0 Å². The van der Waals surface area contributed by atoms with Gasteiger partial charge >= 0.3 is 6.03 Å². The molecule has 0 saturated carbocycles. The van der Waals surface area contributed by atoms with Crippen LogP contribution in [0.5, 0.6) is 0 Å². The molecule has 1 aromatic rings. The first kappa shape index (κ1) is 14.5. The van der Waals surface area contributed by atoms with Crippen molar-refractivity contribution < 1.29 is 14.4 Å². The highest BCUT2D eigenvalue weighted by Crippen LogP contribution is 2.19. The number of amides is 2. The van der Waals surface area contributed by atoms with Gasteiger partial charge in [-0.25, -0.2) is 4.79 Å². The van der Waals surface area contributed by atoms with Gasteiger partial charge in [-0.15, -0.1) is 0 Å². The van der Waals surface area contributed by atoms with E-state index in [-0.39, 0.29) is 18.6 Å². The second-order valence-electron chi connectivity index (χ2n) is 4.37. The summed E-state index contributed by atoms with van der Waals surface area (Å²) in [7, 11) is 0. The predicted octanol–water partition coefficient (Wildman–Crippen LogP) is 1.69. The molecule has 0 radical (unpaired) electrons. The van der Waals surface area contributed by atoms with Crippen LogP contribution in [0.15, 0.2) is 4.52 Å². The summed E-state index contributed by atoms with van der Waals surface area (Å²) in [6.07, 6.45) is 1.38. The lowest BCUT2D eigenvalue weighted by Crippen LogP contribution is -2.32. The number of anilines is 1. The summed E-state index contributed by atoms with van der Waals surface area (Å²) in [5, 5.41) is 18.1. The number of rotatable bonds is 6. The van der Waals surface area contributed by atoms with Crippen LogP contribution in [0.1, 0.15) is 31.7 Å². The molecule has 2 amide bonds. The van der Waals surface area contributed by atoms with Crippen LogP contribution in [0.25, 0.3) is 0 Å². The summed E-state index contributed by atoms with van der Waals surface area (Å²) in [5.41, 5.74) is 1.39. The minimum atomic E-state index is -0.277. The Kier molecular flexibility index (Phi) is 5.64. The van der Waals surface area contributed by atoms with Gasteiger partial charge in [-0.05, 0) is 25.7 Å². The molecule has 0 aliphatic carbocycles. The average molecular weight is 255 g/mol. The van der Waals surface area contributed by atoms with Crippen molar-refractivity contribution in [1.29, 1.82) is 0 Å². The second kappa shape index (κ2) is 7.00. The molecule has 0 bridgehead atoms. The second-order valence-corrected chi connectivity index (χ2v) is 4.37. The Bertz CT molecular complexity index is 390. The fraction of sp³-hybridized carbons (Fsp3) is 0.667. The summed E-state index contributed by atoms with van der Waals surface area (Å²) in [5.74, 6) is 0.848. The van der Waals surface area contributed by atoms with Crippen LogP contribution in [-0.4, -0.2) is 29.4 Å². The maximum Gasteiger partial charge on any atom is 0.319 e. The zero-order valence-electron chi connectivity index (χ0n) is 11.1. The average Bonchev–Trinajstić information content (AvgIpc) is 2.68. The molecule has 0 aliphatic heterocycles. The lowest BCUT2D eigenvalue weighted by Gasteiger charge is -2.11. The number of nitrogens with one attached hydrogen (secondary N) is 2. The highest BCUT2D eigenvalue weighted by molar-refractivity contribution is 5.90. The van der Waals surface area contributed by atoms with E-state index in [1.54, 1.807) is 6.92 Å². The number of carbonyl (C=O) groups excluding carboxylic acids is 1. The number of aliphatic hydroxyl groups is 1. The lowest BCUT2D eigenvalue weighted by molar-refractivity contribution is 0.243. The first-order valence-electron chi connectivity index (χ1n) is 6.19. The van der Waals surface area contributed by atoms with Crippen LogP contribution in [0.4, 0.5) is 10.5 Å². The van der Waals surface area contributed by atoms with Crippen LogP contribution in [0, 0.1) is 12.8 Å². The minimum absolute atomic E-state index is 0.134. The number of hydrogen-bond donors (Lipinski definition) is 3. The summed E-state index contributed by atoms with van der Waals surface area (Å²) >= 11 is 0. The van der Waals surface area contributed by atoms with E-state index in [0.29, 0.717) is 30.8 Å². The zero-order chi connectivity index (χ0) is 13.5. The molecule has 6 heteroatoms. The molecule has 0 fully saturated rings. The van der Waals surface area contributed by atoms with Crippen LogP contribution in [0.3, 0.4) is 0 Å². The molecule has 0 aromatic carbocycles. The van der Waals surface area contributed by atoms with E-state index in [0.717, 1.165) is 5.69 Å². The quantitative estimate of drug-likeness (QED) is 0.721. The Hall–Kier alpha value is -1.56. The Morgan fingerprint density at radius 1 is 1.56 bits per heavy atom. The van der Waals surface area contributed by atoms with Gasteiger partial charge in [0.2, 0.25) is 0 Å². The van der Waals surface area contributed by atoms with Crippen molar-refractivity contribution in [2.24, 2.45) is 5.92 Å². The third kappa shape index (κ3) is 4.03. The zero-order valence-corrected chi connectivity index (χ0v) is 11.1. The van der Waals surface area contributed by atoms with Gasteiger partial charge in [-0.1, -0.05) is 19.0 Å². The third-order valence-corrected chi connectivity index (χ3v) is 2.74. The summed E-state index contributed by atoms with van der Waals surface area (Å²) in [6, 6.07) is -0.277. The Balaban J connectivity index is 2.47. The van der Waals surface area contributed by atoms with Crippen LogP contribution >= 0.6 is 0 Å². The number of aryl methyl sites for hydroxylation is 2. The molecule has 1 aromatic heterocycles. The maximum atomic E-state index is 11.7. The largest absolute Gasteiger partial charge is 0.396 e. The number of aromatic nitrogens is 1. The molecular formula is C12H21N3O3. The summed E-state index contributed by atoms with van der Waals surface area (Å²) in [6.45, 7) is 6.34. The van der Waals surface area contributed by atoms with Gasteiger partial charge in [-0.2, -0.15) is 0 Å². The molecular weight excluding hydrogens is 234 g/mol. The summed E-state index contributed by atoms with van der Waals surface area (Å²) in [4.78, 5) is 11.7. The Morgan fingerprint density at radius 2 is 2.28 bits per heavy atom. The number of carbonyl (C=O) groups is 1. The SMILES string of the molecule is CCc1noc(C)c1NC(=O)NCC(C)CCO. The molecule has 6 nitrogen and oxygen atoms in total. The fourth-order valence-electron chi connectivity index (χ4n) is 1.57. The molecule has 18 heavy (non-hydrogen) atoms. The van der Waals surface area contributed by atoms with E-state index < -0.39 is 0 Å². The third-order valence-electron chi connectivity index (χ3n) is 2.74. The lowest BCUT2D eigenvalue weighted by atomic mass is 10.1. The molecule has 1 atom stereocenters. The number of aliphatic hydroxyl groups excluding tert-OH is 1. The number of nitrogens with zero attached hydrogens (tertiary/aromatic N) is 1. The van der Waals surface area contributed by atoms with Crippen molar-refractivity contribution in [3.05, 3.63) is 11.5 Å². The molecule has 0 spiro atoms. The van der Waals surface area contributed by atoms with Gasteiger partial charge in [0.1, 0.15) is 11.4 Å². The molecule has 3 N–H and O–H groups in total. The molecule has 1 heterocycles. The van der Waals surface area contributed by atoms with E-state index in [4.69, 9.17) is 9.63 Å². The standard InChI is InChI=1S/C12H21N3O3/c1-4-10-11(9(3)18-15-10)14-12(17)13-7-8(2)5-6-16/h8,16H,4-7H2,1-3H3,(H2,13,14,17). The van der Waals surface area contributed by atoms with E-state index in [9.17, 15) is 4.79 Å². The van der Waals surface area contributed by atoms with Crippen LogP contribution in [0.2, 0.25) is 0 Å². The fourth-order valence-corrected chi connectivity index (χ4v) is 1.57. The Morgan fingerprint density at radius 3 is 2.89 bits per heavy atom. The van der Waals surface area contributed by atoms with Crippen molar-refractivity contribution in [1.82, 2.24) is 10.5 Å². The van der Waals surface area contributed by atoms with E-state index >= 15 is 0 Å². The highest BCUT2D eigenvalue weighted by Gasteiger charge is 2.14. The molecule has 0 saturated heterocycles. The van der Waals surface area contributed by atoms with Gasteiger partial charge in [0.25, 0.3) is 0 Å². The van der Waals surface area contributed by atoms with E-state index in [1.807, 2.05) is 13.8 Å². The van der Waals surface area contributed by atoms with Crippen molar-refractivity contribution in [2.45, 2.75) is 33.6 Å². The minimum Gasteiger partial charge on any atom is -0.396 e. The van der Waals surface area contributed by atoms with Gasteiger partial charge in [0, 0.05) is 13.2 Å². The molecule has 1 rings (SSSR count). The molecule has 102 valence electrons. The highest BCUT2D eigenvalue weighted by atomic mass is 16.5. The smallest absolute Gasteiger partial charge is 0.319 e. The van der Waals surface area contributed by atoms with Crippen molar-refractivity contribution in [2.75, 3.05) is 18.5 Å². The number of urea groups is 1. The van der Waals surface area contributed by atoms with Gasteiger partial charge < -0.3 is 20.3 Å². The molecule has 1 unspecified atom stereocenters. The van der Waals surface area contributed by atoms with E-state index in [1.165, 1.54) is 0 Å². The van der Waals surface area contributed by atoms with Gasteiger partial charge in [0.05, 0.1) is 0 Å². The monoisotopic (exact) mass is 255 g/mol. The number of hydrogen-bond acceptors (Lipinski definition) is 4. The summed E-state index contributed by atoms with van der Waals surface area (Å²) < 4.78 is 5.03. The first-order valence-corrected chi connectivity index (χ1v) is 6.19. The first-order chi connectivity index (χ1) is 8.58. The molecule has 0 aliphatic rings.